The van der Waals surface area contributed by atoms with Gasteiger partial charge in [-0.15, -0.1) is 11.3 Å². The minimum Gasteiger partial charge on any atom is -0.495 e. The van der Waals surface area contributed by atoms with Crippen LogP contribution in [0.5, 0.6) is 5.75 Å². The van der Waals surface area contributed by atoms with Crippen molar-refractivity contribution in [3.05, 3.63) is 34.8 Å². The zero-order valence-electron chi connectivity index (χ0n) is 10.2. The Balaban J connectivity index is 2.17. The number of hydrogen-bond donors (Lipinski definition) is 2. The highest BCUT2D eigenvalue weighted by molar-refractivity contribution is 7.89. The van der Waals surface area contributed by atoms with Crippen molar-refractivity contribution in [3.63, 3.8) is 0 Å². The summed E-state index contributed by atoms with van der Waals surface area (Å²) in [6, 6.07) is 4.33. The highest BCUT2D eigenvalue weighted by atomic mass is 32.2. The van der Waals surface area contributed by atoms with Crippen LogP contribution in [0.15, 0.2) is 34.7 Å². The fourth-order valence-corrected chi connectivity index (χ4v) is 3.13. The zero-order chi connectivity index (χ0) is 13.9. The van der Waals surface area contributed by atoms with Gasteiger partial charge in [-0.2, -0.15) is 0 Å². The number of nitrogens with zero attached hydrogens (tertiary/aromatic N) is 1. The van der Waals surface area contributed by atoms with Gasteiger partial charge in [0.2, 0.25) is 10.0 Å². The Morgan fingerprint density at radius 3 is 2.84 bits per heavy atom. The lowest BCUT2D eigenvalue weighted by Gasteiger charge is -2.08. The number of anilines is 1. The van der Waals surface area contributed by atoms with Crippen molar-refractivity contribution in [2.45, 2.75) is 11.4 Å². The van der Waals surface area contributed by atoms with Crippen LogP contribution in [-0.2, 0) is 16.6 Å². The van der Waals surface area contributed by atoms with Crippen molar-refractivity contribution in [1.29, 1.82) is 0 Å². The van der Waals surface area contributed by atoms with E-state index in [1.165, 1.54) is 36.6 Å². The molecule has 2 rings (SSSR count). The molecule has 0 amide bonds. The fourth-order valence-electron chi connectivity index (χ4n) is 1.46. The third-order valence-corrected chi connectivity index (χ3v) is 4.59. The Morgan fingerprint density at radius 1 is 1.47 bits per heavy atom. The summed E-state index contributed by atoms with van der Waals surface area (Å²) in [6.45, 7) is 0.159. The topological polar surface area (TPSA) is 94.3 Å². The van der Waals surface area contributed by atoms with Crippen molar-refractivity contribution in [2.75, 3.05) is 12.8 Å². The first-order valence-electron chi connectivity index (χ1n) is 5.34. The molecule has 0 saturated carbocycles. The van der Waals surface area contributed by atoms with Crippen molar-refractivity contribution >= 4 is 27.0 Å². The van der Waals surface area contributed by atoms with E-state index in [0.717, 1.165) is 0 Å². The second kappa shape index (κ2) is 5.55. The van der Waals surface area contributed by atoms with E-state index in [0.29, 0.717) is 10.8 Å². The Kier molecular flexibility index (Phi) is 4.03. The number of aromatic nitrogens is 1. The molecule has 0 spiro atoms. The Labute approximate surface area is 115 Å². The first-order valence-corrected chi connectivity index (χ1v) is 7.71. The molecule has 1 heterocycles. The van der Waals surface area contributed by atoms with Gasteiger partial charge < -0.3 is 10.5 Å². The van der Waals surface area contributed by atoms with Gasteiger partial charge >= 0.3 is 0 Å². The Bertz CT molecular complexity index is 654. The largest absolute Gasteiger partial charge is 0.495 e. The molecule has 2 aromatic rings. The zero-order valence-corrected chi connectivity index (χ0v) is 11.8. The molecule has 0 aliphatic carbocycles. The Hall–Kier alpha value is -1.64. The number of ether oxygens (including phenoxy) is 1. The van der Waals surface area contributed by atoms with Gasteiger partial charge in [-0.25, -0.2) is 18.1 Å². The average Bonchev–Trinajstić information content (AvgIpc) is 2.89. The lowest BCUT2D eigenvalue weighted by molar-refractivity contribution is 0.416. The summed E-state index contributed by atoms with van der Waals surface area (Å²) in [4.78, 5) is 4.10. The van der Waals surface area contributed by atoms with Crippen LogP contribution in [0.3, 0.4) is 0 Å². The molecule has 8 heteroatoms. The molecule has 0 aliphatic heterocycles. The van der Waals surface area contributed by atoms with E-state index in [-0.39, 0.29) is 17.1 Å². The van der Waals surface area contributed by atoms with E-state index in [1.807, 2.05) is 0 Å². The van der Waals surface area contributed by atoms with Crippen LogP contribution in [0.2, 0.25) is 0 Å². The van der Waals surface area contributed by atoms with E-state index >= 15 is 0 Å². The quantitative estimate of drug-likeness (QED) is 0.809. The highest BCUT2D eigenvalue weighted by Gasteiger charge is 2.15. The summed E-state index contributed by atoms with van der Waals surface area (Å²) in [5.74, 6) is 0.443. The number of nitrogens with one attached hydrogen (secondary N) is 1. The molecule has 0 radical (unpaired) electrons. The number of sulfonamides is 1. The van der Waals surface area contributed by atoms with Crippen LogP contribution in [0.25, 0.3) is 0 Å². The standard InChI is InChI=1S/C11H13N3O3S2/c1-17-10-3-2-8(6-9(10)12)19(15,16)14-7-11-13-4-5-18-11/h2-6,14H,7,12H2,1H3. The number of hydrogen-bond acceptors (Lipinski definition) is 6. The van der Waals surface area contributed by atoms with Gasteiger partial charge in [-0.3, -0.25) is 0 Å². The van der Waals surface area contributed by atoms with Crippen LogP contribution in [0.1, 0.15) is 5.01 Å². The molecule has 6 nitrogen and oxygen atoms in total. The van der Waals surface area contributed by atoms with E-state index < -0.39 is 10.0 Å². The number of rotatable bonds is 5. The molecule has 102 valence electrons. The maximum absolute atomic E-state index is 12.0. The van der Waals surface area contributed by atoms with E-state index in [9.17, 15) is 8.42 Å². The Morgan fingerprint density at radius 2 is 2.26 bits per heavy atom. The van der Waals surface area contributed by atoms with E-state index in [2.05, 4.69) is 9.71 Å². The summed E-state index contributed by atoms with van der Waals surface area (Å²) in [5.41, 5.74) is 5.97. The van der Waals surface area contributed by atoms with Crippen molar-refractivity contribution in [1.82, 2.24) is 9.71 Å². The van der Waals surface area contributed by atoms with Gasteiger partial charge in [0.05, 0.1) is 24.2 Å². The number of methoxy groups -OCH3 is 1. The van der Waals surface area contributed by atoms with Gasteiger partial charge in [0, 0.05) is 11.6 Å². The molecular weight excluding hydrogens is 286 g/mol. The van der Waals surface area contributed by atoms with Crippen LogP contribution in [0, 0.1) is 0 Å². The molecule has 0 fully saturated rings. The van der Waals surface area contributed by atoms with Crippen LogP contribution in [0.4, 0.5) is 5.69 Å². The number of nitrogen functional groups attached to an aromatic ring is 1. The van der Waals surface area contributed by atoms with E-state index in [1.54, 1.807) is 11.6 Å². The van der Waals surface area contributed by atoms with Gasteiger partial charge in [0.25, 0.3) is 0 Å². The second-order valence-electron chi connectivity index (χ2n) is 3.65. The summed E-state index contributed by atoms with van der Waals surface area (Å²) >= 11 is 1.39. The molecule has 0 atom stereocenters. The minimum absolute atomic E-state index is 0.0994. The summed E-state index contributed by atoms with van der Waals surface area (Å²) in [5, 5.41) is 2.49. The lowest BCUT2D eigenvalue weighted by atomic mass is 10.3. The molecule has 1 aromatic carbocycles. The molecule has 0 bridgehead atoms. The molecule has 1 aromatic heterocycles. The highest BCUT2D eigenvalue weighted by Crippen LogP contribution is 2.24. The molecule has 0 unspecified atom stereocenters. The van der Waals surface area contributed by atoms with Gasteiger partial charge in [0.15, 0.2) is 0 Å². The summed E-state index contributed by atoms with van der Waals surface area (Å²) in [6.07, 6.45) is 1.62. The van der Waals surface area contributed by atoms with E-state index in [4.69, 9.17) is 10.5 Å². The molecule has 3 N–H and O–H groups in total. The predicted molar refractivity (Wildman–Crippen MR) is 73.5 cm³/mol. The molecule has 0 aliphatic rings. The smallest absolute Gasteiger partial charge is 0.241 e. The predicted octanol–water partition coefficient (Wildman–Crippen LogP) is 1.21. The maximum atomic E-state index is 12.0. The monoisotopic (exact) mass is 299 g/mol. The first-order chi connectivity index (χ1) is 9.03. The summed E-state index contributed by atoms with van der Waals surface area (Å²) in [7, 11) is -2.13. The number of nitrogens with two attached hydrogens (primary N) is 1. The van der Waals surface area contributed by atoms with Crippen molar-refractivity contribution < 1.29 is 13.2 Å². The van der Waals surface area contributed by atoms with Crippen molar-refractivity contribution in [2.24, 2.45) is 0 Å². The minimum atomic E-state index is -3.60. The third-order valence-electron chi connectivity index (χ3n) is 2.41. The normalized spacial score (nSPS) is 11.4. The SMILES string of the molecule is COc1ccc(S(=O)(=O)NCc2nccs2)cc1N. The third kappa shape index (κ3) is 3.22. The molecule has 19 heavy (non-hydrogen) atoms. The molecule has 0 saturated heterocycles. The number of thiazole rings is 1. The van der Waals surface area contributed by atoms with Crippen molar-refractivity contribution in [3.8, 4) is 5.75 Å². The molecular formula is C11H13N3O3S2. The van der Waals surface area contributed by atoms with Gasteiger partial charge in [-0.1, -0.05) is 0 Å². The van der Waals surface area contributed by atoms with Crippen LogP contribution < -0.4 is 15.2 Å². The fraction of sp³-hybridized carbons (Fsp3) is 0.182. The summed E-state index contributed by atoms with van der Waals surface area (Å²) < 4.78 is 31.5. The average molecular weight is 299 g/mol. The van der Waals surface area contributed by atoms with Gasteiger partial charge in [-0.05, 0) is 18.2 Å². The van der Waals surface area contributed by atoms with Crippen LogP contribution in [-0.4, -0.2) is 20.5 Å². The number of benzene rings is 1. The van der Waals surface area contributed by atoms with Crippen LogP contribution >= 0.6 is 11.3 Å². The lowest BCUT2D eigenvalue weighted by Crippen LogP contribution is -2.23. The van der Waals surface area contributed by atoms with Gasteiger partial charge in [0.1, 0.15) is 10.8 Å². The maximum Gasteiger partial charge on any atom is 0.241 e. The second-order valence-corrected chi connectivity index (χ2v) is 6.40. The first kappa shape index (κ1) is 13.8.